The van der Waals surface area contributed by atoms with Gasteiger partial charge in [0.25, 0.3) is 5.69 Å². The summed E-state index contributed by atoms with van der Waals surface area (Å²) in [6.07, 6.45) is 3.81. The molecule has 5 heteroatoms. The Balaban J connectivity index is 0.00000162. The Labute approximate surface area is 111 Å². The highest BCUT2D eigenvalue weighted by atomic mass is 35.5. The summed E-state index contributed by atoms with van der Waals surface area (Å²) in [5, 5.41) is 0. The van der Waals surface area contributed by atoms with Gasteiger partial charge in [0.05, 0.1) is 7.11 Å². The summed E-state index contributed by atoms with van der Waals surface area (Å²) < 4.78 is 7.17. The van der Waals surface area contributed by atoms with Crippen molar-refractivity contribution >= 4 is 5.91 Å². The number of primary amides is 1. The van der Waals surface area contributed by atoms with E-state index in [2.05, 4.69) is 0 Å². The van der Waals surface area contributed by atoms with Gasteiger partial charge in [-0.25, -0.2) is 0 Å². The lowest BCUT2D eigenvalue weighted by Gasteiger charge is -2.04. The minimum atomic E-state index is -0.465. The number of pyridine rings is 1. The Morgan fingerprint density at radius 3 is 2.44 bits per heavy atom. The molecule has 0 saturated heterocycles. The molecule has 94 valence electrons. The van der Waals surface area contributed by atoms with Crippen LogP contribution in [0.2, 0.25) is 0 Å². The van der Waals surface area contributed by atoms with Gasteiger partial charge in [0.1, 0.15) is 0 Å². The van der Waals surface area contributed by atoms with Gasteiger partial charge in [-0.2, -0.15) is 4.57 Å². The molecule has 4 nitrogen and oxygen atoms in total. The lowest BCUT2D eigenvalue weighted by molar-refractivity contribution is -0.596. The predicted octanol–water partition coefficient (Wildman–Crippen LogP) is -1.93. The van der Waals surface area contributed by atoms with E-state index in [4.69, 9.17) is 10.5 Å². The molecule has 1 aromatic carbocycles. The van der Waals surface area contributed by atoms with Crippen LogP contribution in [0.4, 0.5) is 0 Å². The number of benzene rings is 1. The Kier molecular flexibility index (Phi) is 4.68. The van der Waals surface area contributed by atoms with E-state index in [9.17, 15) is 4.79 Å². The summed E-state index contributed by atoms with van der Waals surface area (Å²) in [5.74, 6) is 0.144. The molecule has 0 bridgehead atoms. The summed E-state index contributed by atoms with van der Waals surface area (Å²) in [6.45, 7) is 0. The van der Waals surface area contributed by atoms with Gasteiger partial charge in [-0.1, -0.05) is 6.07 Å². The van der Waals surface area contributed by atoms with Crippen LogP contribution in [0.5, 0.6) is 5.75 Å². The molecule has 1 heterocycles. The fraction of sp³-hybridized carbons (Fsp3) is 0.0769. The van der Waals surface area contributed by atoms with Crippen molar-refractivity contribution in [2.75, 3.05) is 7.11 Å². The minimum Gasteiger partial charge on any atom is -1.00 e. The number of aromatic nitrogens is 1. The quantitative estimate of drug-likeness (QED) is 0.657. The molecule has 0 spiro atoms. The summed E-state index contributed by atoms with van der Waals surface area (Å²) in [7, 11) is 1.56. The van der Waals surface area contributed by atoms with Crippen LogP contribution in [0, 0.1) is 0 Å². The first-order valence-corrected chi connectivity index (χ1v) is 5.17. The highest BCUT2D eigenvalue weighted by Crippen LogP contribution is 2.19. The number of carbonyl (C=O) groups excluding carboxylic acids is 1. The summed E-state index contributed by atoms with van der Waals surface area (Å²) >= 11 is 0. The van der Waals surface area contributed by atoms with E-state index in [1.807, 2.05) is 35.2 Å². The fourth-order valence-electron chi connectivity index (χ4n) is 1.60. The zero-order valence-corrected chi connectivity index (χ0v) is 10.6. The summed E-state index contributed by atoms with van der Waals surface area (Å²) in [5.41, 5.74) is 6.52. The zero-order chi connectivity index (χ0) is 12.3. The highest BCUT2D eigenvalue weighted by molar-refractivity contribution is 5.93. The largest absolute Gasteiger partial charge is 1.00 e. The number of amides is 1. The number of methoxy groups -OCH3 is 1. The smallest absolute Gasteiger partial charge is 0.252 e. The monoisotopic (exact) mass is 264 g/mol. The van der Waals surface area contributed by atoms with Gasteiger partial charge in [-0.05, 0) is 12.1 Å². The summed E-state index contributed by atoms with van der Waals surface area (Å²) in [6, 6.07) is 10.9. The van der Waals surface area contributed by atoms with Crippen LogP contribution >= 0.6 is 0 Å². The topological polar surface area (TPSA) is 56.2 Å². The van der Waals surface area contributed by atoms with E-state index < -0.39 is 5.91 Å². The maximum absolute atomic E-state index is 11.1. The molecule has 0 saturated carbocycles. The number of rotatable bonds is 3. The number of nitrogens with two attached hydrogens (primary N) is 1. The maximum atomic E-state index is 11.1. The fourth-order valence-corrected chi connectivity index (χ4v) is 1.60. The number of ether oxygens (including phenoxy) is 1. The molecule has 0 radical (unpaired) electrons. The second kappa shape index (κ2) is 6.02. The molecule has 2 N–H and O–H groups in total. The minimum absolute atomic E-state index is 0. The Morgan fingerprint density at radius 1 is 1.22 bits per heavy atom. The van der Waals surface area contributed by atoms with Crippen LogP contribution in [0.25, 0.3) is 5.69 Å². The molecule has 0 aliphatic carbocycles. The Hall–Kier alpha value is -2.07. The molecule has 0 aliphatic heterocycles. The van der Waals surface area contributed by atoms with Gasteiger partial charge in [0.2, 0.25) is 5.91 Å². The van der Waals surface area contributed by atoms with Crippen LogP contribution in [0.3, 0.4) is 0 Å². The summed E-state index contributed by atoms with van der Waals surface area (Å²) in [4.78, 5) is 11.1. The Morgan fingerprint density at radius 2 is 1.89 bits per heavy atom. The normalized spacial score (nSPS) is 9.39. The third-order valence-corrected chi connectivity index (χ3v) is 2.46. The van der Waals surface area contributed by atoms with Gasteiger partial charge < -0.3 is 22.9 Å². The van der Waals surface area contributed by atoms with Crippen LogP contribution in [-0.4, -0.2) is 13.0 Å². The first-order chi connectivity index (χ1) is 8.22. The molecule has 0 aliphatic rings. The third kappa shape index (κ3) is 2.78. The average Bonchev–Trinajstić information content (AvgIpc) is 2.39. The van der Waals surface area contributed by atoms with E-state index in [1.54, 1.807) is 25.3 Å². The molecule has 1 aromatic heterocycles. The maximum Gasteiger partial charge on any atom is 0.252 e. The second-order valence-electron chi connectivity index (χ2n) is 3.53. The van der Waals surface area contributed by atoms with Gasteiger partial charge in [0, 0.05) is 23.8 Å². The first-order valence-electron chi connectivity index (χ1n) is 5.17. The van der Waals surface area contributed by atoms with Crippen molar-refractivity contribution < 1.29 is 26.5 Å². The van der Waals surface area contributed by atoms with Crippen molar-refractivity contribution in [1.29, 1.82) is 0 Å². The number of carbonyl (C=O) groups is 1. The molecular weight excluding hydrogens is 252 g/mol. The molecule has 2 aromatic rings. The van der Waals surface area contributed by atoms with Gasteiger partial charge in [0.15, 0.2) is 18.1 Å². The number of nitrogens with zero attached hydrogens (tertiary/aromatic N) is 1. The molecule has 1 amide bonds. The van der Waals surface area contributed by atoms with Crippen molar-refractivity contribution in [3.05, 3.63) is 54.4 Å². The molecule has 0 fully saturated rings. The van der Waals surface area contributed by atoms with Gasteiger partial charge >= 0.3 is 0 Å². The van der Waals surface area contributed by atoms with Gasteiger partial charge in [-0.3, -0.25) is 4.79 Å². The SMILES string of the molecule is COc1cc(C(N)=O)ccc1-[n+]1ccccc1.[Cl-]. The second-order valence-corrected chi connectivity index (χ2v) is 3.53. The standard InChI is InChI=1S/C13H12N2O2.ClH/c1-17-12-9-10(13(14)16)5-6-11(12)15-7-3-2-4-8-15;/h2-9H,1H3,(H-,14,16);1H. The highest BCUT2D eigenvalue weighted by Gasteiger charge is 2.14. The van der Waals surface area contributed by atoms with Crippen LogP contribution in [0.15, 0.2) is 48.8 Å². The van der Waals surface area contributed by atoms with Crippen molar-refractivity contribution in [1.82, 2.24) is 0 Å². The molecule has 2 rings (SSSR count). The van der Waals surface area contributed by atoms with Crippen molar-refractivity contribution in [2.45, 2.75) is 0 Å². The van der Waals surface area contributed by atoms with E-state index >= 15 is 0 Å². The lowest BCUT2D eigenvalue weighted by atomic mass is 10.1. The zero-order valence-electron chi connectivity index (χ0n) is 9.84. The number of halogens is 1. The van der Waals surface area contributed by atoms with E-state index in [1.165, 1.54) is 0 Å². The first kappa shape index (κ1) is 14.0. The van der Waals surface area contributed by atoms with Crippen molar-refractivity contribution in [2.24, 2.45) is 5.73 Å². The van der Waals surface area contributed by atoms with Crippen molar-refractivity contribution in [3.8, 4) is 11.4 Å². The predicted molar refractivity (Wildman–Crippen MR) is 63.0 cm³/mol. The van der Waals surface area contributed by atoms with E-state index in [0.29, 0.717) is 11.3 Å². The molecule has 18 heavy (non-hydrogen) atoms. The van der Waals surface area contributed by atoms with Crippen LogP contribution in [-0.2, 0) is 0 Å². The molecular formula is C13H13ClN2O2. The van der Waals surface area contributed by atoms with Gasteiger partial charge in [-0.15, -0.1) is 0 Å². The lowest BCUT2D eigenvalue weighted by Crippen LogP contribution is -3.00. The number of hydrogen-bond donors (Lipinski definition) is 1. The van der Waals surface area contributed by atoms with E-state index in [-0.39, 0.29) is 12.4 Å². The van der Waals surface area contributed by atoms with E-state index in [0.717, 1.165) is 5.69 Å². The third-order valence-electron chi connectivity index (χ3n) is 2.46. The van der Waals surface area contributed by atoms with Crippen LogP contribution < -0.4 is 27.4 Å². The number of hydrogen-bond acceptors (Lipinski definition) is 2. The van der Waals surface area contributed by atoms with Crippen LogP contribution in [0.1, 0.15) is 10.4 Å². The molecule has 0 atom stereocenters. The van der Waals surface area contributed by atoms with Crippen molar-refractivity contribution in [3.63, 3.8) is 0 Å². The Bertz CT molecular complexity index is 544. The average molecular weight is 265 g/mol. The molecule has 0 unspecified atom stereocenters.